The SMILES string of the molecule is C#C[C@@H](C)NC(=O)[C@]1(C(F)(F)F)CCN(C(=O)OC(C)(C)C)C1. The van der Waals surface area contributed by atoms with Gasteiger partial charge in [-0.3, -0.25) is 4.79 Å². The van der Waals surface area contributed by atoms with E-state index < -0.39 is 48.2 Å². The highest BCUT2D eigenvalue weighted by Crippen LogP contribution is 2.46. The van der Waals surface area contributed by atoms with Gasteiger partial charge >= 0.3 is 12.3 Å². The summed E-state index contributed by atoms with van der Waals surface area (Å²) in [5.74, 6) is 0.928. The molecule has 0 aromatic carbocycles. The quantitative estimate of drug-likeness (QED) is 0.789. The Labute approximate surface area is 133 Å². The zero-order valence-corrected chi connectivity index (χ0v) is 13.6. The van der Waals surface area contributed by atoms with E-state index in [-0.39, 0.29) is 6.54 Å². The normalized spacial score (nSPS) is 23.1. The van der Waals surface area contributed by atoms with E-state index in [9.17, 15) is 22.8 Å². The summed E-state index contributed by atoms with van der Waals surface area (Å²) < 4.78 is 45.6. The minimum Gasteiger partial charge on any atom is -0.444 e. The predicted octanol–water partition coefficient (Wildman–Crippen LogP) is 2.31. The number of amides is 2. The molecule has 130 valence electrons. The second-order valence-electron chi connectivity index (χ2n) is 6.59. The molecule has 23 heavy (non-hydrogen) atoms. The van der Waals surface area contributed by atoms with Crippen LogP contribution in [0.2, 0.25) is 0 Å². The lowest BCUT2D eigenvalue weighted by Crippen LogP contribution is -2.54. The summed E-state index contributed by atoms with van der Waals surface area (Å²) in [6.07, 6.45) is -1.12. The first-order valence-corrected chi connectivity index (χ1v) is 7.14. The van der Waals surface area contributed by atoms with Crippen LogP contribution in [0, 0.1) is 17.8 Å². The fourth-order valence-electron chi connectivity index (χ4n) is 2.21. The molecule has 1 aliphatic rings. The Morgan fingerprint density at radius 3 is 2.35 bits per heavy atom. The van der Waals surface area contributed by atoms with Crippen LogP contribution < -0.4 is 5.32 Å². The van der Waals surface area contributed by atoms with Gasteiger partial charge in [-0.25, -0.2) is 4.79 Å². The Kier molecular flexibility index (Phi) is 5.24. The summed E-state index contributed by atoms with van der Waals surface area (Å²) in [4.78, 5) is 25.0. The number of likely N-dealkylation sites (tertiary alicyclic amines) is 1. The van der Waals surface area contributed by atoms with E-state index in [1.807, 2.05) is 0 Å². The van der Waals surface area contributed by atoms with Gasteiger partial charge in [0, 0.05) is 13.1 Å². The smallest absolute Gasteiger partial charge is 0.410 e. The van der Waals surface area contributed by atoms with Gasteiger partial charge in [0.25, 0.3) is 0 Å². The standard InChI is InChI=1S/C15H21F3N2O3/c1-6-10(2)19-11(21)14(15(16,17)18)7-8-20(9-14)12(22)23-13(3,4)5/h1,10H,7-9H2,2-5H3,(H,19,21)/t10-,14+/m1/s1. The Balaban J connectivity index is 2.98. The van der Waals surface area contributed by atoms with Crippen LogP contribution in [0.3, 0.4) is 0 Å². The molecule has 2 amide bonds. The Morgan fingerprint density at radius 1 is 1.35 bits per heavy atom. The number of carbonyl (C=O) groups is 2. The van der Waals surface area contributed by atoms with Crippen LogP contribution in [0.1, 0.15) is 34.1 Å². The molecule has 1 heterocycles. The number of halogens is 3. The average molecular weight is 334 g/mol. The minimum atomic E-state index is -4.80. The van der Waals surface area contributed by atoms with E-state index in [4.69, 9.17) is 11.2 Å². The molecule has 1 fully saturated rings. The van der Waals surface area contributed by atoms with E-state index in [2.05, 4.69) is 11.2 Å². The molecular formula is C15H21F3N2O3. The van der Waals surface area contributed by atoms with Gasteiger partial charge in [-0.05, 0) is 34.1 Å². The van der Waals surface area contributed by atoms with Gasteiger partial charge in [0.15, 0.2) is 5.41 Å². The monoisotopic (exact) mass is 334 g/mol. The lowest BCUT2D eigenvalue weighted by molar-refractivity contribution is -0.217. The first-order chi connectivity index (χ1) is 10.3. The van der Waals surface area contributed by atoms with Crippen LogP contribution in [0.4, 0.5) is 18.0 Å². The maximum absolute atomic E-state index is 13.5. The van der Waals surface area contributed by atoms with Gasteiger partial charge in [-0.1, -0.05) is 5.92 Å². The van der Waals surface area contributed by atoms with Crippen molar-refractivity contribution in [2.75, 3.05) is 13.1 Å². The number of alkyl halides is 3. The second kappa shape index (κ2) is 6.30. The third-order valence-corrected chi connectivity index (χ3v) is 3.50. The van der Waals surface area contributed by atoms with E-state index >= 15 is 0 Å². The molecule has 1 saturated heterocycles. The fraction of sp³-hybridized carbons (Fsp3) is 0.733. The van der Waals surface area contributed by atoms with Crippen LogP contribution in [-0.4, -0.2) is 47.8 Å². The van der Waals surface area contributed by atoms with Crippen molar-refractivity contribution >= 4 is 12.0 Å². The van der Waals surface area contributed by atoms with Crippen LogP contribution in [0.5, 0.6) is 0 Å². The van der Waals surface area contributed by atoms with Gasteiger partial charge < -0.3 is 15.0 Å². The summed E-state index contributed by atoms with van der Waals surface area (Å²) >= 11 is 0. The van der Waals surface area contributed by atoms with Crippen LogP contribution >= 0.6 is 0 Å². The van der Waals surface area contributed by atoms with E-state index in [1.54, 1.807) is 20.8 Å². The van der Waals surface area contributed by atoms with E-state index in [0.29, 0.717) is 0 Å². The molecule has 1 aliphatic heterocycles. The van der Waals surface area contributed by atoms with Crippen molar-refractivity contribution < 1.29 is 27.5 Å². The predicted molar refractivity (Wildman–Crippen MR) is 77.3 cm³/mol. The van der Waals surface area contributed by atoms with Gasteiger partial charge in [0.1, 0.15) is 5.60 Å². The Morgan fingerprint density at radius 2 is 1.91 bits per heavy atom. The van der Waals surface area contributed by atoms with Crippen molar-refractivity contribution in [3.8, 4) is 12.3 Å². The topological polar surface area (TPSA) is 58.6 Å². The molecule has 1 rings (SSSR count). The first kappa shape index (κ1) is 19.1. The third kappa shape index (κ3) is 4.30. The molecule has 0 unspecified atom stereocenters. The molecule has 1 N–H and O–H groups in total. The molecule has 0 aliphatic carbocycles. The lowest BCUT2D eigenvalue weighted by Gasteiger charge is -2.31. The highest BCUT2D eigenvalue weighted by atomic mass is 19.4. The molecule has 2 atom stereocenters. The van der Waals surface area contributed by atoms with Gasteiger partial charge in [-0.2, -0.15) is 13.2 Å². The molecule has 5 nitrogen and oxygen atoms in total. The van der Waals surface area contributed by atoms with Gasteiger partial charge in [0.05, 0.1) is 6.04 Å². The zero-order chi connectivity index (χ0) is 18.1. The molecular weight excluding hydrogens is 313 g/mol. The van der Waals surface area contributed by atoms with Crippen molar-refractivity contribution in [2.24, 2.45) is 5.41 Å². The number of terminal acetylenes is 1. The summed E-state index contributed by atoms with van der Waals surface area (Å²) in [5.41, 5.74) is -3.50. The van der Waals surface area contributed by atoms with E-state index in [1.165, 1.54) is 6.92 Å². The first-order valence-electron chi connectivity index (χ1n) is 7.14. The third-order valence-electron chi connectivity index (χ3n) is 3.50. The van der Waals surface area contributed by atoms with Crippen LogP contribution in [0.15, 0.2) is 0 Å². The maximum Gasteiger partial charge on any atom is 0.410 e. The molecule has 8 heteroatoms. The highest BCUT2D eigenvalue weighted by molar-refractivity contribution is 5.86. The number of carbonyl (C=O) groups excluding carboxylic acids is 2. The average Bonchev–Trinajstić information content (AvgIpc) is 2.82. The molecule has 0 aromatic rings. The molecule has 0 aromatic heterocycles. The fourth-order valence-corrected chi connectivity index (χ4v) is 2.21. The van der Waals surface area contributed by atoms with E-state index in [0.717, 1.165) is 4.90 Å². The van der Waals surface area contributed by atoms with Crippen molar-refractivity contribution in [3.63, 3.8) is 0 Å². The Hall–Kier alpha value is -1.91. The Bertz CT molecular complexity index is 520. The largest absolute Gasteiger partial charge is 0.444 e. The molecule has 0 spiro atoms. The number of ether oxygens (including phenoxy) is 1. The second-order valence-corrected chi connectivity index (χ2v) is 6.59. The summed E-state index contributed by atoms with van der Waals surface area (Å²) in [5, 5.41) is 2.15. The molecule has 0 radical (unpaired) electrons. The number of nitrogens with zero attached hydrogens (tertiary/aromatic N) is 1. The minimum absolute atomic E-state index is 0.216. The van der Waals surface area contributed by atoms with Crippen LogP contribution in [0.25, 0.3) is 0 Å². The highest BCUT2D eigenvalue weighted by Gasteiger charge is 2.64. The number of hydrogen-bond acceptors (Lipinski definition) is 3. The molecule has 0 bridgehead atoms. The zero-order valence-electron chi connectivity index (χ0n) is 13.6. The summed E-state index contributed by atoms with van der Waals surface area (Å²) in [6.45, 7) is 5.24. The molecule has 0 saturated carbocycles. The summed E-state index contributed by atoms with van der Waals surface area (Å²) in [7, 11) is 0. The summed E-state index contributed by atoms with van der Waals surface area (Å²) in [6, 6.07) is -0.836. The van der Waals surface area contributed by atoms with Crippen LogP contribution in [-0.2, 0) is 9.53 Å². The number of nitrogens with one attached hydrogen (secondary N) is 1. The van der Waals surface area contributed by atoms with Crippen molar-refractivity contribution in [3.05, 3.63) is 0 Å². The number of rotatable bonds is 2. The lowest BCUT2D eigenvalue weighted by atomic mass is 9.85. The van der Waals surface area contributed by atoms with Gasteiger partial charge in [0.2, 0.25) is 5.91 Å². The van der Waals surface area contributed by atoms with Crippen molar-refractivity contribution in [1.29, 1.82) is 0 Å². The van der Waals surface area contributed by atoms with Crippen molar-refractivity contribution in [1.82, 2.24) is 10.2 Å². The maximum atomic E-state index is 13.5. The number of hydrogen-bond donors (Lipinski definition) is 1. The van der Waals surface area contributed by atoms with Crippen molar-refractivity contribution in [2.45, 2.75) is 51.9 Å². The van der Waals surface area contributed by atoms with Gasteiger partial charge in [-0.15, -0.1) is 6.42 Å².